The van der Waals surface area contributed by atoms with Crippen LogP contribution >= 0.6 is 23.3 Å². The van der Waals surface area contributed by atoms with E-state index in [4.69, 9.17) is 20.4 Å². The predicted octanol–water partition coefficient (Wildman–Crippen LogP) is 5.81. The SMILES string of the molecule is C=C/C=C(\NC(N)=NC1CCCN(Sc2ccc(F)cc2)C1)c1c(-c2cccc(OC)c2)nc2sccn12. The van der Waals surface area contributed by atoms with Gasteiger partial charge in [-0.25, -0.2) is 18.7 Å². The van der Waals surface area contributed by atoms with E-state index in [2.05, 4.69) is 16.2 Å². The first kappa shape index (κ1) is 26.0. The average molecular weight is 549 g/mol. The van der Waals surface area contributed by atoms with Crippen molar-refractivity contribution in [1.82, 2.24) is 19.0 Å². The van der Waals surface area contributed by atoms with Crippen molar-refractivity contribution in [3.05, 3.63) is 90.3 Å². The van der Waals surface area contributed by atoms with Crippen molar-refractivity contribution in [2.45, 2.75) is 23.8 Å². The molecule has 0 aliphatic carbocycles. The Morgan fingerprint density at radius 2 is 2.16 bits per heavy atom. The lowest BCUT2D eigenvalue weighted by molar-refractivity contribution is 0.343. The molecule has 1 aliphatic heterocycles. The molecule has 10 heteroatoms. The van der Waals surface area contributed by atoms with Gasteiger partial charge in [-0.1, -0.05) is 24.8 Å². The maximum Gasteiger partial charge on any atom is 0.194 e. The van der Waals surface area contributed by atoms with Gasteiger partial charge in [0.05, 0.1) is 30.2 Å². The van der Waals surface area contributed by atoms with Crippen molar-refractivity contribution in [1.29, 1.82) is 0 Å². The van der Waals surface area contributed by atoms with Gasteiger partial charge in [-0.3, -0.25) is 4.40 Å². The first-order chi connectivity index (χ1) is 18.5. The number of rotatable bonds is 8. The molecule has 2 aromatic heterocycles. The maximum absolute atomic E-state index is 13.3. The minimum absolute atomic E-state index is 0.0404. The molecule has 2 aromatic carbocycles. The van der Waals surface area contributed by atoms with Gasteiger partial charge in [0.15, 0.2) is 10.9 Å². The smallest absolute Gasteiger partial charge is 0.194 e. The van der Waals surface area contributed by atoms with Gasteiger partial charge in [-0.2, -0.15) is 0 Å². The van der Waals surface area contributed by atoms with Gasteiger partial charge in [-0.15, -0.1) is 11.3 Å². The van der Waals surface area contributed by atoms with E-state index in [1.807, 2.05) is 46.3 Å². The van der Waals surface area contributed by atoms with Crippen LogP contribution in [0.2, 0.25) is 0 Å². The molecule has 196 valence electrons. The third-order valence-electron chi connectivity index (χ3n) is 6.14. The summed E-state index contributed by atoms with van der Waals surface area (Å²) >= 11 is 3.18. The van der Waals surface area contributed by atoms with Crippen molar-refractivity contribution in [2.24, 2.45) is 10.7 Å². The zero-order chi connectivity index (χ0) is 26.5. The fourth-order valence-corrected chi connectivity index (χ4v) is 6.17. The number of hydrogen-bond donors (Lipinski definition) is 2. The molecular formula is C28H29FN6OS2. The Labute approximate surface area is 229 Å². The second-order valence-corrected chi connectivity index (χ2v) is 10.8. The number of benzene rings is 2. The molecule has 3 N–H and O–H groups in total. The summed E-state index contributed by atoms with van der Waals surface area (Å²) in [5.74, 6) is 0.858. The number of aromatic nitrogens is 2. The molecular weight excluding hydrogens is 519 g/mol. The first-order valence-corrected chi connectivity index (χ1v) is 13.9. The van der Waals surface area contributed by atoms with E-state index in [0.717, 1.165) is 64.2 Å². The van der Waals surface area contributed by atoms with Crippen molar-refractivity contribution in [3.63, 3.8) is 0 Å². The number of thiazole rings is 1. The van der Waals surface area contributed by atoms with Gasteiger partial charge >= 0.3 is 0 Å². The lowest BCUT2D eigenvalue weighted by atomic mass is 10.1. The van der Waals surface area contributed by atoms with E-state index in [1.54, 1.807) is 48.6 Å². The van der Waals surface area contributed by atoms with Crippen LogP contribution in [0.5, 0.6) is 5.75 Å². The van der Waals surface area contributed by atoms with Crippen LogP contribution in [0, 0.1) is 5.82 Å². The molecule has 3 heterocycles. The summed E-state index contributed by atoms with van der Waals surface area (Å²) in [4.78, 5) is 11.6. The van der Waals surface area contributed by atoms with E-state index in [0.29, 0.717) is 5.96 Å². The number of piperidine rings is 1. The van der Waals surface area contributed by atoms with Crippen LogP contribution in [0.15, 0.2) is 88.7 Å². The van der Waals surface area contributed by atoms with Crippen LogP contribution in [0.1, 0.15) is 18.5 Å². The Morgan fingerprint density at radius 3 is 2.95 bits per heavy atom. The lowest BCUT2D eigenvalue weighted by Crippen LogP contribution is -2.37. The van der Waals surface area contributed by atoms with Crippen molar-refractivity contribution in [3.8, 4) is 17.0 Å². The van der Waals surface area contributed by atoms with E-state index in [1.165, 1.54) is 12.1 Å². The number of ether oxygens (including phenoxy) is 1. The number of nitrogens with two attached hydrogens (primary N) is 1. The van der Waals surface area contributed by atoms with Crippen LogP contribution in [-0.4, -0.2) is 45.9 Å². The Morgan fingerprint density at radius 1 is 1.32 bits per heavy atom. The number of halogens is 1. The summed E-state index contributed by atoms with van der Waals surface area (Å²) < 4.78 is 23.0. The lowest BCUT2D eigenvalue weighted by Gasteiger charge is -2.29. The number of nitrogens with zero attached hydrogens (tertiary/aromatic N) is 4. The van der Waals surface area contributed by atoms with E-state index >= 15 is 0 Å². The molecule has 5 rings (SSSR count). The number of nitrogens with one attached hydrogen (secondary N) is 1. The topological polar surface area (TPSA) is 80.2 Å². The monoisotopic (exact) mass is 548 g/mol. The summed E-state index contributed by atoms with van der Waals surface area (Å²) in [6.07, 6.45) is 7.54. The molecule has 1 atom stereocenters. The minimum Gasteiger partial charge on any atom is -0.497 e. The van der Waals surface area contributed by atoms with Gasteiger partial charge in [0.1, 0.15) is 11.6 Å². The van der Waals surface area contributed by atoms with Crippen LogP contribution in [-0.2, 0) is 0 Å². The highest BCUT2D eigenvalue weighted by Gasteiger charge is 2.22. The Kier molecular flexibility index (Phi) is 8.11. The fourth-order valence-electron chi connectivity index (χ4n) is 4.43. The molecule has 1 aliphatic rings. The first-order valence-electron chi connectivity index (χ1n) is 12.3. The van der Waals surface area contributed by atoms with Crippen LogP contribution < -0.4 is 15.8 Å². The molecule has 0 bridgehead atoms. The number of methoxy groups -OCH3 is 1. The summed E-state index contributed by atoms with van der Waals surface area (Å²) in [5, 5.41) is 5.32. The Balaban J connectivity index is 1.38. The van der Waals surface area contributed by atoms with Gasteiger partial charge in [-0.05, 0) is 67.3 Å². The van der Waals surface area contributed by atoms with Crippen LogP contribution in [0.25, 0.3) is 21.9 Å². The highest BCUT2D eigenvalue weighted by atomic mass is 32.2. The van der Waals surface area contributed by atoms with Crippen molar-refractivity contribution in [2.75, 3.05) is 20.2 Å². The number of allylic oxidation sites excluding steroid dienone is 2. The van der Waals surface area contributed by atoms with Crippen LogP contribution in [0.3, 0.4) is 0 Å². The number of imidazole rings is 1. The van der Waals surface area contributed by atoms with Crippen molar-refractivity contribution >= 4 is 39.9 Å². The van der Waals surface area contributed by atoms with Gasteiger partial charge in [0.25, 0.3) is 0 Å². The van der Waals surface area contributed by atoms with Gasteiger partial charge < -0.3 is 15.8 Å². The second kappa shape index (κ2) is 11.8. The molecule has 0 saturated carbocycles. The largest absolute Gasteiger partial charge is 0.497 e. The second-order valence-electron chi connectivity index (χ2n) is 8.78. The van der Waals surface area contributed by atoms with Crippen molar-refractivity contribution < 1.29 is 9.13 Å². The summed E-state index contributed by atoms with van der Waals surface area (Å²) in [6, 6.07) is 14.4. The maximum atomic E-state index is 13.3. The summed E-state index contributed by atoms with van der Waals surface area (Å²) in [5.41, 5.74) is 9.82. The fraction of sp³-hybridized carbons (Fsp3) is 0.214. The molecule has 1 fully saturated rings. The number of aliphatic imine (C=N–C) groups is 1. The third-order valence-corrected chi connectivity index (χ3v) is 7.97. The quantitative estimate of drug-likeness (QED) is 0.125. The molecule has 1 saturated heterocycles. The molecule has 0 radical (unpaired) electrons. The summed E-state index contributed by atoms with van der Waals surface area (Å²) in [7, 11) is 1.65. The van der Waals surface area contributed by atoms with E-state index in [-0.39, 0.29) is 11.9 Å². The highest BCUT2D eigenvalue weighted by molar-refractivity contribution is 7.97. The summed E-state index contributed by atoms with van der Waals surface area (Å²) in [6.45, 7) is 5.60. The zero-order valence-corrected chi connectivity index (χ0v) is 22.6. The van der Waals surface area contributed by atoms with Gasteiger partial charge in [0, 0.05) is 35.1 Å². The predicted molar refractivity (Wildman–Crippen MR) is 155 cm³/mol. The molecule has 0 spiro atoms. The van der Waals surface area contributed by atoms with E-state index < -0.39 is 0 Å². The molecule has 38 heavy (non-hydrogen) atoms. The number of fused-ring (bicyclic) bond motifs is 1. The molecule has 1 unspecified atom stereocenters. The zero-order valence-electron chi connectivity index (χ0n) is 21.0. The normalized spacial score (nSPS) is 17.1. The standard InChI is InChI=1S/C28H29FN6OS2/c1-3-6-24(26-25(33-28-35(26)15-16-37-28)19-7-4-9-22(17-19)36-2)32-27(30)31-21-8-5-14-34(18-21)38-23-12-10-20(29)11-13-23/h3-4,6-7,9-13,15-17,21H,1,5,8,14,18H2,2H3,(H3,30,31,32)/b24-6-. The number of hydrogen-bond acceptors (Lipinski definition) is 6. The van der Waals surface area contributed by atoms with Crippen LogP contribution in [0.4, 0.5) is 4.39 Å². The van der Waals surface area contributed by atoms with Gasteiger partial charge in [0.2, 0.25) is 0 Å². The molecule has 7 nitrogen and oxygen atoms in total. The highest BCUT2D eigenvalue weighted by Crippen LogP contribution is 2.32. The number of guanidine groups is 1. The third kappa shape index (κ3) is 5.93. The molecule has 4 aromatic rings. The minimum atomic E-state index is -0.231. The van der Waals surface area contributed by atoms with E-state index in [9.17, 15) is 4.39 Å². The average Bonchev–Trinajstić information content (AvgIpc) is 3.52. The Bertz CT molecular complexity index is 1480. The Hall–Kier alpha value is -3.60. The molecule has 0 amide bonds.